The normalized spacial score (nSPS) is 18.4. The largest absolute Gasteiger partial charge is 0.398 e. The van der Waals surface area contributed by atoms with Crippen LogP contribution in [0.2, 0.25) is 0 Å². The van der Waals surface area contributed by atoms with Gasteiger partial charge in [-0.15, -0.1) is 0 Å². The molecule has 20 heavy (non-hydrogen) atoms. The Morgan fingerprint density at radius 3 is 2.70 bits per heavy atom. The van der Waals surface area contributed by atoms with Crippen LogP contribution in [0.25, 0.3) is 0 Å². The van der Waals surface area contributed by atoms with Crippen LogP contribution in [0.4, 0.5) is 5.69 Å². The first-order valence-electron chi connectivity index (χ1n) is 7.72. The summed E-state index contributed by atoms with van der Waals surface area (Å²) in [6, 6.07) is 2.28. The maximum atomic E-state index is 6.08. The van der Waals surface area contributed by atoms with E-state index < -0.39 is 0 Å². The molecular weight excluding hydrogens is 248 g/mol. The fourth-order valence-electron chi connectivity index (χ4n) is 3.16. The molecule has 4 heteroatoms. The van der Waals surface area contributed by atoms with E-state index in [9.17, 15) is 0 Å². The standard InChI is InChI=1S/C16H28N4/c1-4-19-15(11-13-12-18-8-7-14(13)17)16(2,3)20-9-5-6-10-20/h7-8,12,15,19H,4-6,9-11H2,1-3H3,(H2,17,18). The molecule has 0 spiro atoms. The molecule has 1 unspecified atom stereocenters. The number of nitrogens with zero attached hydrogens (tertiary/aromatic N) is 2. The highest BCUT2D eigenvalue weighted by Crippen LogP contribution is 2.27. The number of pyridine rings is 1. The lowest BCUT2D eigenvalue weighted by molar-refractivity contribution is 0.107. The first kappa shape index (κ1) is 15.3. The highest BCUT2D eigenvalue weighted by Gasteiger charge is 2.36. The third-order valence-electron chi connectivity index (χ3n) is 4.59. The number of hydrogen-bond donors (Lipinski definition) is 2. The van der Waals surface area contributed by atoms with Gasteiger partial charge < -0.3 is 11.1 Å². The van der Waals surface area contributed by atoms with Crippen LogP contribution in [-0.4, -0.2) is 41.1 Å². The van der Waals surface area contributed by atoms with Crippen molar-refractivity contribution in [3.63, 3.8) is 0 Å². The average Bonchev–Trinajstić information content (AvgIpc) is 2.95. The maximum absolute atomic E-state index is 6.08. The Hall–Kier alpha value is -1.13. The second-order valence-corrected chi connectivity index (χ2v) is 6.24. The molecule has 1 aliphatic rings. The summed E-state index contributed by atoms with van der Waals surface area (Å²) in [5.74, 6) is 0. The molecule has 0 bridgehead atoms. The highest BCUT2D eigenvalue weighted by atomic mass is 15.2. The fourth-order valence-corrected chi connectivity index (χ4v) is 3.16. The van der Waals surface area contributed by atoms with E-state index in [0.717, 1.165) is 24.2 Å². The number of likely N-dealkylation sites (N-methyl/N-ethyl adjacent to an activating group) is 1. The quantitative estimate of drug-likeness (QED) is 0.835. The van der Waals surface area contributed by atoms with Crippen LogP contribution in [0.3, 0.4) is 0 Å². The Labute approximate surface area is 122 Å². The van der Waals surface area contributed by atoms with E-state index >= 15 is 0 Å². The SMILES string of the molecule is CCNC(Cc1cnccc1N)C(C)(C)N1CCCC1. The number of nitrogens with two attached hydrogens (primary N) is 1. The van der Waals surface area contributed by atoms with Gasteiger partial charge in [0.05, 0.1) is 0 Å². The molecule has 112 valence electrons. The number of nitrogens with one attached hydrogen (secondary N) is 1. The van der Waals surface area contributed by atoms with Crippen molar-refractivity contribution in [3.8, 4) is 0 Å². The lowest BCUT2D eigenvalue weighted by Crippen LogP contribution is -2.57. The smallest absolute Gasteiger partial charge is 0.0378 e. The molecule has 1 saturated heterocycles. The van der Waals surface area contributed by atoms with Gasteiger partial charge in [-0.3, -0.25) is 9.88 Å². The fraction of sp³-hybridized carbons (Fsp3) is 0.688. The van der Waals surface area contributed by atoms with E-state index in [0.29, 0.717) is 6.04 Å². The Morgan fingerprint density at radius 2 is 2.10 bits per heavy atom. The van der Waals surface area contributed by atoms with Gasteiger partial charge in [0.25, 0.3) is 0 Å². The van der Waals surface area contributed by atoms with Crippen LogP contribution in [0.5, 0.6) is 0 Å². The molecule has 1 aromatic heterocycles. The zero-order chi connectivity index (χ0) is 14.6. The van der Waals surface area contributed by atoms with E-state index in [4.69, 9.17) is 5.73 Å². The number of anilines is 1. The van der Waals surface area contributed by atoms with Gasteiger partial charge >= 0.3 is 0 Å². The van der Waals surface area contributed by atoms with Gasteiger partial charge in [0.15, 0.2) is 0 Å². The zero-order valence-corrected chi connectivity index (χ0v) is 13.0. The lowest BCUT2D eigenvalue weighted by Gasteiger charge is -2.42. The summed E-state index contributed by atoms with van der Waals surface area (Å²) in [5.41, 5.74) is 8.21. The van der Waals surface area contributed by atoms with Crippen molar-refractivity contribution in [2.45, 2.75) is 51.6 Å². The summed E-state index contributed by atoms with van der Waals surface area (Å²) in [5, 5.41) is 3.65. The Balaban J connectivity index is 2.15. The van der Waals surface area contributed by atoms with Crippen molar-refractivity contribution in [2.75, 3.05) is 25.4 Å². The summed E-state index contributed by atoms with van der Waals surface area (Å²) in [6.07, 6.45) is 7.22. The number of likely N-dealkylation sites (tertiary alicyclic amines) is 1. The summed E-state index contributed by atoms with van der Waals surface area (Å²) in [6.45, 7) is 10.2. The van der Waals surface area contributed by atoms with Crippen molar-refractivity contribution >= 4 is 5.69 Å². The molecule has 0 aromatic carbocycles. The first-order chi connectivity index (χ1) is 9.55. The third-order valence-corrected chi connectivity index (χ3v) is 4.59. The van der Waals surface area contributed by atoms with Crippen LogP contribution in [0.15, 0.2) is 18.5 Å². The van der Waals surface area contributed by atoms with E-state index in [1.807, 2.05) is 12.3 Å². The second-order valence-electron chi connectivity index (χ2n) is 6.24. The van der Waals surface area contributed by atoms with Crippen molar-refractivity contribution in [3.05, 3.63) is 24.0 Å². The summed E-state index contributed by atoms with van der Waals surface area (Å²) >= 11 is 0. The van der Waals surface area contributed by atoms with E-state index in [1.54, 1.807) is 6.20 Å². The molecule has 1 atom stereocenters. The molecule has 0 radical (unpaired) electrons. The third kappa shape index (κ3) is 3.30. The van der Waals surface area contributed by atoms with Crippen molar-refractivity contribution < 1.29 is 0 Å². The van der Waals surface area contributed by atoms with Crippen molar-refractivity contribution in [2.24, 2.45) is 0 Å². The average molecular weight is 276 g/mol. The topological polar surface area (TPSA) is 54.2 Å². The van der Waals surface area contributed by atoms with Crippen molar-refractivity contribution in [1.29, 1.82) is 0 Å². The minimum Gasteiger partial charge on any atom is -0.398 e. The summed E-state index contributed by atoms with van der Waals surface area (Å²) in [4.78, 5) is 6.82. The molecule has 3 N–H and O–H groups in total. The Kier molecular flexibility index (Phi) is 5.00. The minimum atomic E-state index is 0.134. The van der Waals surface area contributed by atoms with E-state index in [2.05, 4.69) is 36.0 Å². The predicted octanol–water partition coefficient (Wildman–Crippen LogP) is 2.06. The van der Waals surface area contributed by atoms with Gasteiger partial charge in [-0.2, -0.15) is 0 Å². The van der Waals surface area contributed by atoms with Gasteiger partial charge in [-0.25, -0.2) is 0 Å². The second kappa shape index (κ2) is 6.55. The molecule has 2 rings (SSSR count). The van der Waals surface area contributed by atoms with Gasteiger partial charge in [0.2, 0.25) is 0 Å². The summed E-state index contributed by atoms with van der Waals surface area (Å²) < 4.78 is 0. The summed E-state index contributed by atoms with van der Waals surface area (Å²) in [7, 11) is 0. The molecule has 0 saturated carbocycles. The number of hydrogen-bond acceptors (Lipinski definition) is 4. The molecule has 0 amide bonds. The van der Waals surface area contributed by atoms with E-state index in [1.165, 1.54) is 25.9 Å². The monoisotopic (exact) mass is 276 g/mol. The van der Waals surface area contributed by atoms with E-state index in [-0.39, 0.29) is 5.54 Å². The van der Waals surface area contributed by atoms with Gasteiger partial charge in [0.1, 0.15) is 0 Å². The predicted molar refractivity (Wildman–Crippen MR) is 84.7 cm³/mol. The van der Waals surface area contributed by atoms with Gasteiger partial charge in [-0.05, 0) is 64.4 Å². The molecular formula is C16H28N4. The molecule has 4 nitrogen and oxygen atoms in total. The number of aromatic nitrogens is 1. The van der Waals surface area contributed by atoms with Crippen molar-refractivity contribution in [1.82, 2.24) is 15.2 Å². The number of rotatable bonds is 6. The zero-order valence-electron chi connectivity index (χ0n) is 13.0. The van der Waals surface area contributed by atoms with Crippen LogP contribution >= 0.6 is 0 Å². The maximum Gasteiger partial charge on any atom is 0.0378 e. The molecule has 1 aliphatic heterocycles. The van der Waals surface area contributed by atoms with Crippen LogP contribution in [-0.2, 0) is 6.42 Å². The van der Waals surface area contributed by atoms with Crippen LogP contribution in [0, 0.1) is 0 Å². The first-order valence-corrected chi connectivity index (χ1v) is 7.72. The van der Waals surface area contributed by atoms with Crippen LogP contribution in [0.1, 0.15) is 39.2 Å². The minimum absolute atomic E-state index is 0.134. The highest BCUT2D eigenvalue weighted by molar-refractivity contribution is 5.44. The van der Waals surface area contributed by atoms with Crippen LogP contribution < -0.4 is 11.1 Å². The van der Waals surface area contributed by atoms with Gasteiger partial charge in [0, 0.05) is 29.7 Å². The molecule has 0 aliphatic carbocycles. The Morgan fingerprint density at radius 1 is 1.40 bits per heavy atom. The Bertz CT molecular complexity index is 424. The molecule has 2 heterocycles. The molecule has 1 fully saturated rings. The molecule has 1 aromatic rings. The van der Waals surface area contributed by atoms with Gasteiger partial charge in [-0.1, -0.05) is 6.92 Å². The lowest BCUT2D eigenvalue weighted by atomic mass is 9.87. The number of nitrogen functional groups attached to an aromatic ring is 1.